The number of rotatable bonds is 16. The van der Waals surface area contributed by atoms with Crippen LogP contribution in [0.5, 0.6) is 0 Å². The van der Waals surface area contributed by atoms with Gasteiger partial charge in [-0.25, -0.2) is 19.2 Å². The number of amidine groups is 2. The van der Waals surface area contributed by atoms with Gasteiger partial charge >= 0.3 is 23.9 Å². The highest BCUT2D eigenvalue weighted by molar-refractivity contribution is 6.74. The summed E-state index contributed by atoms with van der Waals surface area (Å²) in [6.45, 7) is 21.3. The van der Waals surface area contributed by atoms with Crippen LogP contribution in [-0.2, 0) is 61.3 Å². The van der Waals surface area contributed by atoms with Crippen LogP contribution in [0.3, 0.4) is 0 Å². The Balaban J connectivity index is -0.000000852. The molecule has 18 nitrogen and oxygen atoms in total. The molecule has 0 aliphatic rings. The molecule has 0 fully saturated rings. The van der Waals surface area contributed by atoms with Crippen LogP contribution in [0, 0.1) is 36.5 Å². The average molecular weight is 829 g/mol. The summed E-state index contributed by atoms with van der Waals surface area (Å²) in [4.78, 5) is 48.5. The number of nitrogens with zero attached hydrogens (tertiary/aromatic N) is 2. The Labute approximate surface area is 333 Å². The fourth-order valence-electron chi connectivity index (χ4n) is 2.69. The fourth-order valence-corrected chi connectivity index (χ4v) is 5.20. The first-order valence-electron chi connectivity index (χ1n) is 16.7. The number of hydrogen-bond acceptors (Lipinski definition) is 16. The van der Waals surface area contributed by atoms with Crippen molar-refractivity contribution < 1.29 is 66.5 Å². The minimum atomic E-state index is -2.24. The van der Waals surface area contributed by atoms with Crippen LogP contribution >= 0.6 is 0 Å². The Morgan fingerprint density at radius 1 is 0.714 bits per heavy atom. The van der Waals surface area contributed by atoms with Crippen molar-refractivity contribution in [3.05, 3.63) is 11.8 Å². The van der Waals surface area contributed by atoms with Crippen molar-refractivity contribution in [1.82, 2.24) is 0 Å². The summed E-state index contributed by atoms with van der Waals surface area (Å²) in [5, 5.41) is 15.4. The van der Waals surface area contributed by atoms with Gasteiger partial charge in [0.1, 0.15) is 25.4 Å². The molecule has 0 spiro atoms. The molecule has 316 valence electrons. The number of nitrogens with two attached hydrogens (primary N) is 2. The fraction of sp³-hybridized carbons (Fsp3) is 0.611. The molecule has 2 unspecified atom stereocenters. The van der Waals surface area contributed by atoms with Crippen molar-refractivity contribution in [2.45, 2.75) is 90.0 Å². The summed E-state index contributed by atoms with van der Waals surface area (Å²) < 4.78 is 40.0. The van der Waals surface area contributed by atoms with Crippen LogP contribution in [0.2, 0.25) is 36.3 Å². The number of esters is 4. The Kier molecular flexibility index (Phi) is 27.4. The second-order valence-electron chi connectivity index (χ2n) is 14.1. The van der Waals surface area contributed by atoms with Crippen LogP contribution in [0.1, 0.15) is 41.5 Å². The molecular weight excluding hydrogens is 769 g/mol. The topological polar surface area (TPSA) is 248 Å². The molecule has 2 atom stereocenters. The van der Waals surface area contributed by atoms with Gasteiger partial charge in [-0.3, -0.25) is 0 Å². The molecule has 0 radical (unpaired) electrons. The van der Waals surface area contributed by atoms with E-state index in [4.69, 9.17) is 52.7 Å². The van der Waals surface area contributed by atoms with Crippen molar-refractivity contribution in [3.63, 3.8) is 0 Å². The molecule has 0 bridgehead atoms. The maximum Gasteiger partial charge on any atom is 0.384 e. The first-order chi connectivity index (χ1) is 25.7. The number of terminal acetylenes is 2. The van der Waals surface area contributed by atoms with E-state index in [2.05, 4.69) is 95.7 Å². The SMILES string of the molecule is C#CCOCC(O[Si](C)(C)C(C)(C)C)/C(N)=N/O.C#CCOCC(O[Si](C)(C)C(C)(C)C)/C(N)=N/OC(=CC(=O)OC)C(=O)OC.COC(=O)C#CC(=O)OC. The van der Waals surface area contributed by atoms with Crippen LogP contribution in [0.25, 0.3) is 0 Å². The van der Waals surface area contributed by atoms with E-state index in [1.54, 1.807) is 0 Å². The standard InChI is InChI=1S/C18H30N2O7Si.C12H24N2O3Si.C6H6O4/c1-9-10-25-12-14(27-28(7,8)18(2,3)4)16(19)20-26-13(17(22)24-6)11-15(21)23-5;1-7-8-16-9-10(11(13)14-15)17-18(5,6)12(2,3)4;1-9-5(7)3-4-6(8)10-2/h1,11,14H,10,12H2,2-8H3,(H2,19,20);1,10,15H,8-9H2,2-6H3,(H2,13,14);1-2H3. The van der Waals surface area contributed by atoms with Crippen molar-refractivity contribution in [2.75, 3.05) is 54.9 Å². The predicted octanol–water partition coefficient (Wildman–Crippen LogP) is 2.65. The molecule has 0 saturated carbocycles. The lowest BCUT2D eigenvalue weighted by Gasteiger charge is -2.38. The highest BCUT2D eigenvalue weighted by Gasteiger charge is 2.41. The minimum absolute atomic E-state index is 0.0110. The molecule has 0 aromatic rings. The lowest BCUT2D eigenvalue weighted by molar-refractivity contribution is -0.142. The van der Waals surface area contributed by atoms with E-state index in [-0.39, 0.29) is 48.2 Å². The molecule has 0 rings (SSSR count). The average Bonchev–Trinajstić information content (AvgIpc) is 3.13. The quantitative estimate of drug-likeness (QED) is 0.0165. The number of methoxy groups -OCH3 is 4. The van der Waals surface area contributed by atoms with Crippen molar-refractivity contribution in [1.29, 1.82) is 0 Å². The summed E-state index contributed by atoms with van der Waals surface area (Å²) in [6.07, 6.45) is 9.77. The van der Waals surface area contributed by atoms with Gasteiger partial charge < -0.3 is 58.8 Å². The molecular formula is C36H60N4O14Si2. The summed E-state index contributed by atoms with van der Waals surface area (Å²) >= 11 is 0. The third-order valence-corrected chi connectivity index (χ3v) is 16.9. The molecule has 20 heteroatoms. The monoisotopic (exact) mass is 828 g/mol. The summed E-state index contributed by atoms with van der Waals surface area (Å²) in [7, 11) is 0.379. The summed E-state index contributed by atoms with van der Waals surface area (Å²) in [5.74, 6) is 4.69. The Hall–Kier alpha value is -4.89. The Bertz CT molecular complexity index is 1490. The van der Waals surface area contributed by atoms with E-state index in [0.717, 1.165) is 20.3 Å². The Morgan fingerprint density at radius 2 is 1.11 bits per heavy atom. The molecule has 0 heterocycles. The van der Waals surface area contributed by atoms with Crippen molar-refractivity contribution in [3.8, 4) is 36.5 Å². The first-order valence-corrected chi connectivity index (χ1v) is 22.5. The maximum atomic E-state index is 11.7. The second-order valence-corrected chi connectivity index (χ2v) is 23.6. The third kappa shape index (κ3) is 23.8. The van der Waals surface area contributed by atoms with E-state index in [0.29, 0.717) is 0 Å². The lowest BCUT2D eigenvalue weighted by atomic mass is 10.2. The van der Waals surface area contributed by atoms with Gasteiger partial charge in [0.25, 0.3) is 0 Å². The molecule has 0 saturated heterocycles. The van der Waals surface area contributed by atoms with Gasteiger partial charge in [0, 0.05) is 11.8 Å². The van der Waals surface area contributed by atoms with Gasteiger partial charge in [-0.15, -0.1) is 12.8 Å². The van der Waals surface area contributed by atoms with Gasteiger partial charge in [0.15, 0.2) is 28.3 Å². The second kappa shape index (κ2) is 27.7. The molecule has 0 aliphatic heterocycles. The zero-order valence-corrected chi connectivity index (χ0v) is 37.0. The maximum absolute atomic E-state index is 11.7. The highest BCUT2D eigenvalue weighted by atomic mass is 28.4. The highest BCUT2D eigenvalue weighted by Crippen LogP contribution is 2.38. The van der Waals surface area contributed by atoms with Gasteiger partial charge in [0.2, 0.25) is 5.76 Å². The van der Waals surface area contributed by atoms with Gasteiger partial charge in [-0.2, -0.15) is 0 Å². The van der Waals surface area contributed by atoms with Crippen LogP contribution in [-0.4, -0.2) is 124 Å². The number of ether oxygens (including phenoxy) is 6. The van der Waals surface area contributed by atoms with E-state index < -0.39 is 58.5 Å². The number of hydrogen-bond donors (Lipinski definition) is 3. The predicted molar refractivity (Wildman–Crippen MR) is 213 cm³/mol. The molecule has 0 amide bonds. The van der Waals surface area contributed by atoms with Gasteiger partial charge in [-0.05, 0) is 36.3 Å². The van der Waals surface area contributed by atoms with Crippen LogP contribution in [0.15, 0.2) is 22.1 Å². The molecule has 0 aromatic heterocycles. The normalized spacial score (nSPS) is 13.2. The van der Waals surface area contributed by atoms with Crippen molar-refractivity contribution >= 4 is 52.2 Å². The Morgan fingerprint density at radius 3 is 1.41 bits per heavy atom. The van der Waals surface area contributed by atoms with E-state index in [1.165, 1.54) is 14.2 Å². The summed E-state index contributed by atoms with van der Waals surface area (Å²) in [6, 6.07) is 0. The van der Waals surface area contributed by atoms with E-state index in [9.17, 15) is 19.2 Å². The summed E-state index contributed by atoms with van der Waals surface area (Å²) in [5.41, 5.74) is 11.6. The molecule has 56 heavy (non-hydrogen) atoms. The van der Waals surface area contributed by atoms with E-state index >= 15 is 0 Å². The van der Waals surface area contributed by atoms with E-state index in [1.807, 2.05) is 24.9 Å². The smallest absolute Gasteiger partial charge is 0.384 e. The third-order valence-electron chi connectivity index (χ3n) is 7.89. The van der Waals surface area contributed by atoms with Crippen LogP contribution < -0.4 is 11.5 Å². The molecule has 0 aromatic carbocycles. The minimum Gasteiger partial charge on any atom is -0.466 e. The number of carbonyl (C=O) groups is 4. The lowest BCUT2D eigenvalue weighted by Crippen LogP contribution is -2.49. The largest absolute Gasteiger partial charge is 0.466 e. The molecule has 0 aliphatic carbocycles. The number of oxime groups is 2. The number of carbonyl (C=O) groups excluding carboxylic acids is 4. The zero-order chi connectivity index (χ0) is 44.3. The van der Waals surface area contributed by atoms with Gasteiger partial charge in [0.05, 0.1) is 47.7 Å². The zero-order valence-electron chi connectivity index (χ0n) is 35.0. The van der Waals surface area contributed by atoms with Gasteiger partial charge in [-0.1, -0.05) is 63.7 Å². The first kappa shape index (κ1) is 55.5. The van der Waals surface area contributed by atoms with Crippen LogP contribution in [0.4, 0.5) is 0 Å². The molecule has 5 N–H and O–H groups in total. The van der Waals surface area contributed by atoms with Crippen molar-refractivity contribution in [2.24, 2.45) is 21.8 Å².